The number of nitrogens with zero attached hydrogens (tertiary/aromatic N) is 2. The fraction of sp³-hybridized carbons (Fsp3) is 0.333. The van der Waals surface area contributed by atoms with Gasteiger partial charge in [0.2, 0.25) is 5.88 Å². The van der Waals surface area contributed by atoms with E-state index in [0.717, 1.165) is 35.8 Å². The summed E-state index contributed by atoms with van der Waals surface area (Å²) in [6, 6.07) is 11.7. The second-order valence-electron chi connectivity index (χ2n) is 4.29. The van der Waals surface area contributed by atoms with Crippen molar-refractivity contribution in [2.45, 2.75) is 24.8 Å². The van der Waals surface area contributed by atoms with Gasteiger partial charge in [-0.25, -0.2) is 0 Å². The highest BCUT2D eigenvalue weighted by molar-refractivity contribution is 7.98. The molecule has 1 aromatic carbocycles. The van der Waals surface area contributed by atoms with Crippen molar-refractivity contribution in [3.63, 3.8) is 0 Å². The maximum atomic E-state index is 5.77. The fourth-order valence-corrected chi connectivity index (χ4v) is 2.23. The molecule has 0 aliphatic rings. The van der Waals surface area contributed by atoms with E-state index in [9.17, 15) is 0 Å². The molecule has 0 saturated heterocycles. The summed E-state index contributed by atoms with van der Waals surface area (Å²) >= 11 is 1.65. The first-order chi connectivity index (χ1) is 9.83. The Morgan fingerprint density at radius 1 is 1.15 bits per heavy atom. The lowest BCUT2D eigenvalue weighted by molar-refractivity contribution is 0.443. The van der Waals surface area contributed by atoms with Crippen molar-refractivity contribution in [2.24, 2.45) is 0 Å². The Balaban J connectivity index is 1.99. The number of aromatic nitrogens is 2. The predicted molar refractivity (Wildman–Crippen MR) is 82.3 cm³/mol. The van der Waals surface area contributed by atoms with Gasteiger partial charge in [0.05, 0.1) is 5.69 Å². The first-order valence-corrected chi connectivity index (χ1v) is 7.90. The van der Waals surface area contributed by atoms with Crippen LogP contribution in [-0.2, 0) is 6.54 Å². The minimum absolute atomic E-state index is 0.519. The van der Waals surface area contributed by atoms with E-state index in [4.69, 9.17) is 4.74 Å². The van der Waals surface area contributed by atoms with Crippen LogP contribution in [0.3, 0.4) is 0 Å². The van der Waals surface area contributed by atoms with Gasteiger partial charge in [-0.05, 0) is 37.4 Å². The lowest BCUT2D eigenvalue weighted by Crippen LogP contribution is -2.15. The van der Waals surface area contributed by atoms with Crippen molar-refractivity contribution in [3.05, 3.63) is 42.1 Å². The van der Waals surface area contributed by atoms with E-state index >= 15 is 0 Å². The predicted octanol–water partition coefficient (Wildman–Crippen LogP) is 3.49. The summed E-state index contributed by atoms with van der Waals surface area (Å²) in [5.41, 5.74) is 0.920. The molecule has 2 rings (SSSR count). The Morgan fingerprint density at radius 3 is 2.70 bits per heavy atom. The molecule has 5 heteroatoms. The summed E-state index contributed by atoms with van der Waals surface area (Å²) in [6.07, 6.45) is 3.14. The number of benzene rings is 1. The Labute approximate surface area is 124 Å². The van der Waals surface area contributed by atoms with Crippen LogP contribution in [0.4, 0.5) is 0 Å². The van der Waals surface area contributed by atoms with Crippen LogP contribution in [0.2, 0.25) is 0 Å². The largest absolute Gasteiger partial charge is 0.436 e. The third-order valence-corrected chi connectivity index (χ3v) is 3.49. The van der Waals surface area contributed by atoms with E-state index in [-0.39, 0.29) is 0 Å². The Hall–Kier alpha value is -1.59. The zero-order chi connectivity index (χ0) is 14.2. The van der Waals surface area contributed by atoms with Crippen LogP contribution in [0.15, 0.2) is 41.3 Å². The molecule has 106 valence electrons. The maximum Gasteiger partial charge on any atom is 0.238 e. The lowest BCUT2D eigenvalue weighted by atomic mass is 10.3. The van der Waals surface area contributed by atoms with E-state index in [1.54, 1.807) is 11.8 Å². The van der Waals surface area contributed by atoms with Gasteiger partial charge in [0.1, 0.15) is 5.75 Å². The van der Waals surface area contributed by atoms with Gasteiger partial charge in [-0.1, -0.05) is 19.1 Å². The van der Waals surface area contributed by atoms with E-state index in [0.29, 0.717) is 5.88 Å². The van der Waals surface area contributed by atoms with Gasteiger partial charge in [-0.2, -0.15) is 5.10 Å². The van der Waals surface area contributed by atoms with Crippen LogP contribution in [0.25, 0.3) is 0 Å². The molecule has 1 N–H and O–H groups in total. The SMILES string of the molecule is CCCNCc1ccc(Oc2ccccc2SC)nn1. The van der Waals surface area contributed by atoms with Gasteiger partial charge < -0.3 is 10.1 Å². The summed E-state index contributed by atoms with van der Waals surface area (Å²) in [5, 5.41) is 11.6. The number of para-hydroxylation sites is 1. The zero-order valence-electron chi connectivity index (χ0n) is 11.8. The summed E-state index contributed by atoms with van der Waals surface area (Å²) in [7, 11) is 0. The van der Waals surface area contributed by atoms with Gasteiger partial charge in [0.25, 0.3) is 0 Å². The highest BCUT2D eigenvalue weighted by Crippen LogP contribution is 2.30. The summed E-state index contributed by atoms with van der Waals surface area (Å²) < 4.78 is 5.77. The first-order valence-electron chi connectivity index (χ1n) is 6.67. The highest BCUT2D eigenvalue weighted by atomic mass is 32.2. The highest BCUT2D eigenvalue weighted by Gasteiger charge is 2.05. The van der Waals surface area contributed by atoms with Crippen LogP contribution in [0.5, 0.6) is 11.6 Å². The standard InChI is InChI=1S/C15H19N3OS/c1-3-10-16-11-12-8-9-15(18-17-12)19-13-6-4-5-7-14(13)20-2/h4-9,16H,3,10-11H2,1-2H3. The van der Waals surface area contributed by atoms with Crippen LogP contribution in [0.1, 0.15) is 19.0 Å². The molecular weight excluding hydrogens is 270 g/mol. The number of thioether (sulfide) groups is 1. The number of hydrogen-bond donors (Lipinski definition) is 1. The average Bonchev–Trinajstić information content (AvgIpc) is 2.50. The molecule has 20 heavy (non-hydrogen) atoms. The third-order valence-electron chi connectivity index (χ3n) is 2.71. The molecule has 0 aliphatic heterocycles. The van der Waals surface area contributed by atoms with Crippen molar-refractivity contribution < 1.29 is 4.74 Å². The van der Waals surface area contributed by atoms with E-state index in [1.165, 1.54) is 0 Å². The quantitative estimate of drug-likeness (QED) is 0.624. The van der Waals surface area contributed by atoms with Gasteiger partial charge in [-0.15, -0.1) is 16.9 Å². The average molecular weight is 289 g/mol. The zero-order valence-corrected chi connectivity index (χ0v) is 12.6. The molecule has 0 spiro atoms. The molecule has 1 aromatic heterocycles. The minimum atomic E-state index is 0.519. The normalized spacial score (nSPS) is 10.5. The molecule has 2 aromatic rings. The number of hydrogen-bond acceptors (Lipinski definition) is 5. The monoisotopic (exact) mass is 289 g/mol. The molecule has 1 heterocycles. The molecule has 0 fully saturated rings. The van der Waals surface area contributed by atoms with Gasteiger partial charge in [0.15, 0.2) is 0 Å². The molecule has 0 atom stereocenters. The smallest absolute Gasteiger partial charge is 0.238 e. The summed E-state index contributed by atoms with van der Waals surface area (Å²) in [5.74, 6) is 1.33. The van der Waals surface area contributed by atoms with Crippen molar-refractivity contribution >= 4 is 11.8 Å². The first kappa shape index (κ1) is 14.8. The van der Waals surface area contributed by atoms with Crippen molar-refractivity contribution in [2.75, 3.05) is 12.8 Å². The van der Waals surface area contributed by atoms with E-state index in [1.807, 2.05) is 42.7 Å². The van der Waals surface area contributed by atoms with Crippen molar-refractivity contribution in [3.8, 4) is 11.6 Å². The van der Waals surface area contributed by atoms with Crippen molar-refractivity contribution in [1.29, 1.82) is 0 Å². The molecule has 0 amide bonds. The van der Waals surface area contributed by atoms with Crippen LogP contribution in [0, 0.1) is 0 Å². The van der Waals surface area contributed by atoms with Gasteiger partial charge >= 0.3 is 0 Å². The number of rotatable bonds is 7. The molecule has 0 aliphatic carbocycles. The molecule has 4 nitrogen and oxygen atoms in total. The summed E-state index contributed by atoms with van der Waals surface area (Å²) in [6.45, 7) is 3.86. The molecule has 0 saturated carbocycles. The molecule has 0 unspecified atom stereocenters. The fourth-order valence-electron chi connectivity index (χ4n) is 1.71. The summed E-state index contributed by atoms with van der Waals surface area (Å²) in [4.78, 5) is 1.09. The second kappa shape index (κ2) is 7.87. The van der Waals surface area contributed by atoms with Crippen LogP contribution >= 0.6 is 11.8 Å². The molecule has 0 radical (unpaired) electrons. The Kier molecular flexibility index (Phi) is 5.83. The topological polar surface area (TPSA) is 47.0 Å². The van der Waals surface area contributed by atoms with E-state index in [2.05, 4.69) is 22.4 Å². The Bertz CT molecular complexity index is 531. The van der Waals surface area contributed by atoms with Gasteiger partial charge in [0, 0.05) is 17.5 Å². The van der Waals surface area contributed by atoms with Crippen molar-refractivity contribution in [1.82, 2.24) is 15.5 Å². The second-order valence-corrected chi connectivity index (χ2v) is 5.14. The third kappa shape index (κ3) is 4.21. The Morgan fingerprint density at radius 2 is 2.00 bits per heavy atom. The van der Waals surface area contributed by atoms with E-state index < -0.39 is 0 Å². The van der Waals surface area contributed by atoms with Crippen LogP contribution in [-0.4, -0.2) is 23.0 Å². The van der Waals surface area contributed by atoms with Crippen LogP contribution < -0.4 is 10.1 Å². The molecular formula is C15H19N3OS. The minimum Gasteiger partial charge on any atom is -0.436 e. The molecule has 0 bridgehead atoms. The number of ether oxygens (including phenoxy) is 1. The number of nitrogens with one attached hydrogen (secondary N) is 1. The lowest BCUT2D eigenvalue weighted by Gasteiger charge is -2.08. The maximum absolute atomic E-state index is 5.77. The van der Waals surface area contributed by atoms with Gasteiger partial charge in [-0.3, -0.25) is 0 Å².